The molecule has 3 nitrogen and oxygen atoms in total. The Balaban J connectivity index is 2.49. The fraction of sp³-hybridized carbons (Fsp3) is 0.600. The Hall–Kier alpha value is -1.22. The molecule has 0 saturated heterocycles. The number of nitrogen functional groups attached to an aromatic ring is 2. The summed E-state index contributed by atoms with van der Waals surface area (Å²) in [5.41, 5.74) is 14.1. The number of rotatable bonds is 8. The highest BCUT2D eigenvalue weighted by Gasteiger charge is 2.10. The van der Waals surface area contributed by atoms with Crippen molar-refractivity contribution in [2.45, 2.75) is 52.1 Å². The van der Waals surface area contributed by atoms with Crippen LogP contribution in [-0.2, 0) is 4.74 Å². The van der Waals surface area contributed by atoms with E-state index in [4.69, 9.17) is 16.2 Å². The van der Waals surface area contributed by atoms with Gasteiger partial charge in [0.05, 0.1) is 6.10 Å². The van der Waals surface area contributed by atoms with E-state index in [0.29, 0.717) is 11.4 Å². The maximum atomic E-state index is 5.92. The number of nitrogens with two attached hydrogens (primary N) is 2. The Morgan fingerprint density at radius 2 is 1.67 bits per heavy atom. The van der Waals surface area contributed by atoms with Crippen LogP contribution in [0.2, 0.25) is 0 Å². The standard InChI is InChI=1S/C15H26N2O/c1-3-5-6-7-8-18-15(4-2)12-9-13(16)11-14(17)10-12/h9-11,15H,3-8,16-17H2,1-2H3. The first-order chi connectivity index (χ1) is 8.67. The molecule has 102 valence electrons. The lowest BCUT2D eigenvalue weighted by atomic mass is 10.1. The van der Waals surface area contributed by atoms with Crippen molar-refractivity contribution < 1.29 is 4.74 Å². The minimum atomic E-state index is 0.109. The van der Waals surface area contributed by atoms with Crippen molar-refractivity contribution in [2.75, 3.05) is 18.1 Å². The fourth-order valence-electron chi connectivity index (χ4n) is 2.09. The van der Waals surface area contributed by atoms with Gasteiger partial charge in [-0.05, 0) is 36.6 Å². The highest BCUT2D eigenvalue weighted by atomic mass is 16.5. The Morgan fingerprint density at radius 1 is 1.00 bits per heavy atom. The van der Waals surface area contributed by atoms with Gasteiger partial charge in [0.1, 0.15) is 0 Å². The molecule has 0 aliphatic heterocycles. The number of ether oxygens (including phenoxy) is 1. The predicted molar refractivity (Wildman–Crippen MR) is 78.4 cm³/mol. The van der Waals surface area contributed by atoms with Gasteiger partial charge in [0.2, 0.25) is 0 Å². The SMILES string of the molecule is CCCCCCOC(CC)c1cc(N)cc(N)c1. The Kier molecular flexibility index (Phi) is 6.58. The van der Waals surface area contributed by atoms with Gasteiger partial charge in [-0.1, -0.05) is 33.1 Å². The molecule has 0 aliphatic carbocycles. The van der Waals surface area contributed by atoms with Gasteiger partial charge in [0.25, 0.3) is 0 Å². The monoisotopic (exact) mass is 250 g/mol. The summed E-state index contributed by atoms with van der Waals surface area (Å²) in [5.74, 6) is 0. The van der Waals surface area contributed by atoms with Crippen molar-refractivity contribution in [2.24, 2.45) is 0 Å². The molecule has 0 aromatic heterocycles. The van der Waals surface area contributed by atoms with Gasteiger partial charge >= 0.3 is 0 Å². The topological polar surface area (TPSA) is 61.3 Å². The van der Waals surface area contributed by atoms with Gasteiger partial charge in [-0.2, -0.15) is 0 Å². The maximum absolute atomic E-state index is 5.92. The highest BCUT2D eigenvalue weighted by Crippen LogP contribution is 2.25. The summed E-state index contributed by atoms with van der Waals surface area (Å²) in [6.07, 6.45) is 5.96. The van der Waals surface area contributed by atoms with E-state index in [1.54, 1.807) is 6.07 Å². The van der Waals surface area contributed by atoms with Crippen LogP contribution in [-0.4, -0.2) is 6.61 Å². The summed E-state index contributed by atoms with van der Waals surface area (Å²) in [5, 5.41) is 0. The van der Waals surface area contributed by atoms with Crippen LogP contribution in [0.5, 0.6) is 0 Å². The summed E-state index contributed by atoms with van der Waals surface area (Å²) < 4.78 is 5.92. The van der Waals surface area contributed by atoms with Crippen LogP contribution < -0.4 is 11.5 Å². The molecule has 0 spiro atoms. The molecule has 0 fully saturated rings. The van der Waals surface area contributed by atoms with Gasteiger partial charge in [0.15, 0.2) is 0 Å². The van der Waals surface area contributed by atoms with E-state index < -0.39 is 0 Å². The second kappa shape index (κ2) is 7.98. The summed E-state index contributed by atoms with van der Waals surface area (Å²) in [6, 6.07) is 5.69. The van der Waals surface area contributed by atoms with E-state index in [2.05, 4.69) is 13.8 Å². The summed E-state index contributed by atoms with van der Waals surface area (Å²) >= 11 is 0. The number of benzene rings is 1. The van der Waals surface area contributed by atoms with Gasteiger partial charge in [0, 0.05) is 18.0 Å². The summed E-state index contributed by atoms with van der Waals surface area (Å²) in [7, 11) is 0. The molecular weight excluding hydrogens is 224 g/mol. The van der Waals surface area contributed by atoms with Crippen molar-refractivity contribution >= 4 is 11.4 Å². The van der Waals surface area contributed by atoms with Crippen molar-refractivity contribution in [1.29, 1.82) is 0 Å². The van der Waals surface area contributed by atoms with E-state index in [0.717, 1.165) is 25.0 Å². The number of hydrogen-bond acceptors (Lipinski definition) is 3. The predicted octanol–water partition coefficient (Wildman–Crippen LogP) is 3.90. The first-order valence-electron chi connectivity index (χ1n) is 6.94. The molecule has 0 heterocycles. The average molecular weight is 250 g/mol. The lowest BCUT2D eigenvalue weighted by Gasteiger charge is -2.17. The van der Waals surface area contributed by atoms with Crippen LogP contribution >= 0.6 is 0 Å². The smallest absolute Gasteiger partial charge is 0.0823 e. The first-order valence-corrected chi connectivity index (χ1v) is 6.94. The van der Waals surface area contributed by atoms with Gasteiger partial charge < -0.3 is 16.2 Å². The van der Waals surface area contributed by atoms with E-state index in [1.807, 2.05) is 12.1 Å². The normalized spacial score (nSPS) is 12.6. The molecule has 1 unspecified atom stereocenters. The fourth-order valence-corrected chi connectivity index (χ4v) is 2.09. The molecule has 0 bridgehead atoms. The van der Waals surface area contributed by atoms with E-state index in [9.17, 15) is 0 Å². The molecule has 0 amide bonds. The van der Waals surface area contributed by atoms with E-state index >= 15 is 0 Å². The quantitative estimate of drug-likeness (QED) is 0.543. The van der Waals surface area contributed by atoms with Crippen LogP contribution in [0.4, 0.5) is 11.4 Å². The molecule has 0 aliphatic rings. The van der Waals surface area contributed by atoms with Crippen molar-refractivity contribution in [3.8, 4) is 0 Å². The molecule has 1 rings (SSSR count). The zero-order valence-electron chi connectivity index (χ0n) is 11.6. The van der Waals surface area contributed by atoms with Crippen molar-refractivity contribution in [3.05, 3.63) is 23.8 Å². The first kappa shape index (κ1) is 14.8. The summed E-state index contributed by atoms with van der Waals surface area (Å²) in [6.45, 7) is 5.15. The average Bonchev–Trinajstić information content (AvgIpc) is 2.32. The van der Waals surface area contributed by atoms with Crippen LogP contribution in [0.15, 0.2) is 18.2 Å². The zero-order chi connectivity index (χ0) is 13.4. The highest BCUT2D eigenvalue weighted by molar-refractivity contribution is 5.54. The van der Waals surface area contributed by atoms with Crippen molar-refractivity contribution in [3.63, 3.8) is 0 Å². The number of hydrogen-bond donors (Lipinski definition) is 2. The maximum Gasteiger partial charge on any atom is 0.0823 e. The largest absolute Gasteiger partial charge is 0.399 e. The Morgan fingerprint density at radius 3 is 2.22 bits per heavy atom. The lowest BCUT2D eigenvalue weighted by molar-refractivity contribution is 0.0474. The Labute approximate surface area is 111 Å². The second-order valence-corrected chi connectivity index (χ2v) is 4.76. The Bertz CT molecular complexity index is 332. The minimum Gasteiger partial charge on any atom is -0.399 e. The van der Waals surface area contributed by atoms with Gasteiger partial charge in [-0.3, -0.25) is 0 Å². The molecular formula is C15H26N2O. The molecule has 18 heavy (non-hydrogen) atoms. The van der Waals surface area contributed by atoms with Crippen LogP contribution in [0, 0.1) is 0 Å². The zero-order valence-corrected chi connectivity index (χ0v) is 11.6. The molecule has 0 radical (unpaired) electrons. The molecule has 1 aromatic carbocycles. The second-order valence-electron chi connectivity index (χ2n) is 4.76. The molecule has 1 aromatic rings. The third-order valence-corrected chi connectivity index (χ3v) is 3.06. The van der Waals surface area contributed by atoms with Gasteiger partial charge in [-0.25, -0.2) is 0 Å². The number of anilines is 2. The number of unbranched alkanes of at least 4 members (excludes halogenated alkanes) is 3. The van der Waals surface area contributed by atoms with Crippen LogP contribution in [0.25, 0.3) is 0 Å². The summed E-state index contributed by atoms with van der Waals surface area (Å²) in [4.78, 5) is 0. The van der Waals surface area contributed by atoms with E-state index in [1.165, 1.54) is 19.3 Å². The van der Waals surface area contributed by atoms with Gasteiger partial charge in [-0.15, -0.1) is 0 Å². The van der Waals surface area contributed by atoms with Crippen LogP contribution in [0.1, 0.15) is 57.6 Å². The third-order valence-electron chi connectivity index (χ3n) is 3.06. The van der Waals surface area contributed by atoms with Crippen LogP contribution in [0.3, 0.4) is 0 Å². The minimum absolute atomic E-state index is 0.109. The molecule has 1 atom stereocenters. The third kappa shape index (κ3) is 4.96. The molecule has 3 heteroatoms. The molecule has 0 saturated carbocycles. The lowest BCUT2D eigenvalue weighted by Crippen LogP contribution is -2.06. The molecule has 4 N–H and O–H groups in total. The van der Waals surface area contributed by atoms with E-state index in [-0.39, 0.29) is 6.10 Å². The van der Waals surface area contributed by atoms with Crippen molar-refractivity contribution in [1.82, 2.24) is 0 Å².